The Labute approximate surface area is 108 Å². The molecule has 0 spiro atoms. The largest absolute Gasteiger partial charge is 0.433 e. The van der Waals surface area contributed by atoms with Crippen molar-refractivity contribution >= 4 is 5.95 Å². The van der Waals surface area contributed by atoms with Crippen molar-refractivity contribution in [3.63, 3.8) is 0 Å². The Balaban J connectivity index is 2.59. The summed E-state index contributed by atoms with van der Waals surface area (Å²) in [6, 6.07) is 9.68. The van der Waals surface area contributed by atoms with Crippen LogP contribution in [0.15, 0.2) is 36.4 Å². The maximum absolute atomic E-state index is 12.8. The molecule has 0 radical (unpaired) electrons. The molecule has 0 aliphatic carbocycles. The number of hydrogen-bond donors (Lipinski definition) is 0. The van der Waals surface area contributed by atoms with Gasteiger partial charge in [0.1, 0.15) is 0 Å². The molecular formula is C13H12F3N3. The first-order chi connectivity index (χ1) is 8.88. The fourth-order valence-electron chi connectivity index (χ4n) is 1.54. The number of anilines is 1. The van der Waals surface area contributed by atoms with E-state index in [9.17, 15) is 13.2 Å². The summed E-state index contributed by atoms with van der Waals surface area (Å²) in [6.07, 6.45) is -4.49. The van der Waals surface area contributed by atoms with Crippen molar-refractivity contribution in [1.29, 1.82) is 0 Å². The lowest BCUT2D eigenvalue weighted by Crippen LogP contribution is -2.17. The van der Waals surface area contributed by atoms with Crippen molar-refractivity contribution in [2.75, 3.05) is 19.0 Å². The molecule has 1 aromatic carbocycles. The van der Waals surface area contributed by atoms with Gasteiger partial charge in [0.15, 0.2) is 5.69 Å². The fraction of sp³-hybridized carbons (Fsp3) is 0.231. The molecule has 2 aromatic rings. The third-order valence-corrected chi connectivity index (χ3v) is 2.47. The van der Waals surface area contributed by atoms with E-state index < -0.39 is 11.9 Å². The Hall–Kier alpha value is -2.11. The van der Waals surface area contributed by atoms with Crippen molar-refractivity contribution in [3.8, 4) is 11.3 Å². The second kappa shape index (κ2) is 4.87. The van der Waals surface area contributed by atoms with E-state index >= 15 is 0 Å². The second-order valence-corrected chi connectivity index (χ2v) is 4.20. The Morgan fingerprint density at radius 3 is 2.16 bits per heavy atom. The first kappa shape index (κ1) is 13.3. The first-order valence-corrected chi connectivity index (χ1v) is 5.57. The van der Waals surface area contributed by atoms with Gasteiger partial charge in [0, 0.05) is 19.7 Å². The summed E-state index contributed by atoms with van der Waals surface area (Å²) < 4.78 is 38.5. The molecule has 100 valence electrons. The van der Waals surface area contributed by atoms with Gasteiger partial charge < -0.3 is 4.90 Å². The van der Waals surface area contributed by atoms with Crippen LogP contribution in [0, 0.1) is 0 Å². The normalized spacial score (nSPS) is 11.4. The molecule has 0 bridgehead atoms. The van der Waals surface area contributed by atoms with Gasteiger partial charge in [0.05, 0.1) is 5.69 Å². The standard InChI is InChI=1S/C13H12F3N3/c1-19(2)12-17-10(9-6-4-3-5-7-9)8-11(18-12)13(14,15)16/h3-8H,1-2H3. The summed E-state index contributed by atoms with van der Waals surface area (Å²) in [4.78, 5) is 9.10. The third-order valence-electron chi connectivity index (χ3n) is 2.47. The van der Waals surface area contributed by atoms with Crippen LogP contribution >= 0.6 is 0 Å². The number of nitrogens with zero attached hydrogens (tertiary/aromatic N) is 3. The van der Waals surface area contributed by atoms with E-state index in [4.69, 9.17) is 0 Å². The van der Waals surface area contributed by atoms with Crippen LogP contribution < -0.4 is 4.90 Å². The first-order valence-electron chi connectivity index (χ1n) is 5.57. The van der Waals surface area contributed by atoms with Gasteiger partial charge in [-0.25, -0.2) is 9.97 Å². The molecule has 0 aliphatic rings. The minimum atomic E-state index is -4.49. The summed E-state index contributed by atoms with van der Waals surface area (Å²) in [5.41, 5.74) is -0.0600. The van der Waals surface area contributed by atoms with Crippen LogP contribution in [0.4, 0.5) is 19.1 Å². The van der Waals surface area contributed by atoms with E-state index in [0.29, 0.717) is 5.56 Å². The number of hydrogen-bond acceptors (Lipinski definition) is 3. The molecule has 0 unspecified atom stereocenters. The van der Waals surface area contributed by atoms with Gasteiger partial charge in [0.25, 0.3) is 0 Å². The van der Waals surface area contributed by atoms with E-state index in [1.165, 1.54) is 4.90 Å². The van der Waals surface area contributed by atoms with Gasteiger partial charge in [-0.2, -0.15) is 13.2 Å². The zero-order valence-electron chi connectivity index (χ0n) is 10.4. The van der Waals surface area contributed by atoms with E-state index in [1.807, 2.05) is 0 Å². The number of alkyl halides is 3. The average Bonchev–Trinajstić information content (AvgIpc) is 2.38. The fourth-order valence-corrected chi connectivity index (χ4v) is 1.54. The molecule has 1 heterocycles. The number of aromatic nitrogens is 2. The van der Waals surface area contributed by atoms with E-state index in [0.717, 1.165) is 6.07 Å². The van der Waals surface area contributed by atoms with Crippen LogP contribution in [0.3, 0.4) is 0 Å². The van der Waals surface area contributed by atoms with Crippen molar-refractivity contribution in [2.24, 2.45) is 0 Å². The third kappa shape index (κ3) is 3.01. The average molecular weight is 267 g/mol. The molecule has 2 rings (SSSR count). The molecule has 0 atom stereocenters. The van der Waals surface area contributed by atoms with Crippen LogP contribution in [0.25, 0.3) is 11.3 Å². The predicted octanol–water partition coefficient (Wildman–Crippen LogP) is 3.23. The summed E-state index contributed by atoms with van der Waals surface area (Å²) in [5, 5.41) is 0. The minimum absolute atomic E-state index is 0.0358. The Bertz CT molecular complexity index is 565. The lowest BCUT2D eigenvalue weighted by atomic mass is 10.1. The maximum Gasteiger partial charge on any atom is 0.433 e. The lowest BCUT2D eigenvalue weighted by molar-refractivity contribution is -0.141. The molecule has 0 N–H and O–H groups in total. The van der Waals surface area contributed by atoms with Gasteiger partial charge in [-0.1, -0.05) is 30.3 Å². The van der Waals surface area contributed by atoms with Crippen molar-refractivity contribution in [3.05, 3.63) is 42.1 Å². The van der Waals surface area contributed by atoms with E-state index in [-0.39, 0.29) is 11.6 Å². The minimum Gasteiger partial charge on any atom is -0.347 e. The Morgan fingerprint density at radius 2 is 1.63 bits per heavy atom. The molecule has 19 heavy (non-hydrogen) atoms. The Kier molecular flexibility index (Phi) is 3.42. The number of benzene rings is 1. The molecule has 6 heteroatoms. The number of rotatable bonds is 2. The SMILES string of the molecule is CN(C)c1nc(-c2ccccc2)cc(C(F)(F)F)n1. The highest BCUT2D eigenvalue weighted by atomic mass is 19.4. The molecule has 0 saturated heterocycles. The van der Waals surface area contributed by atoms with E-state index in [2.05, 4.69) is 9.97 Å². The molecule has 0 amide bonds. The van der Waals surface area contributed by atoms with Crippen LogP contribution in [0.5, 0.6) is 0 Å². The zero-order chi connectivity index (χ0) is 14.0. The second-order valence-electron chi connectivity index (χ2n) is 4.20. The van der Waals surface area contributed by atoms with Gasteiger partial charge >= 0.3 is 6.18 Å². The number of halogens is 3. The van der Waals surface area contributed by atoms with Crippen LogP contribution in [0.2, 0.25) is 0 Å². The van der Waals surface area contributed by atoms with Gasteiger partial charge in [-0.15, -0.1) is 0 Å². The molecular weight excluding hydrogens is 255 g/mol. The monoisotopic (exact) mass is 267 g/mol. The summed E-state index contributed by atoms with van der Waals surface area (Å²) in [7, 11) is 3.20. The smallest absolute Gasteiger partial charge is 0.347 e. The molecule has 3 nitrogen and oxygen atoms in total. The van der Waals surface area contributed by atoms with Crippen molar-refractivity contribution in [1.82, 2.24) is 9.97 Å². The molecule has 0 fully saturated rings. The summed E-state index contributed by atoms with van der Waals surface area (Å²) >= 11 is 0. The van der Waals surface area contributed by atoms with Crippen LogP contribution in [-0.4, -0.2) is 24.1 Å². The quantitative estimate of drug-likeness (QED) is 0.836. The zero-order valence-corrected chi connectivity index (χ0v) is 10.4. The molecule has 0 aliphatic heterocycles. The van der Waals surface area contributed by atoms with Gasteiger partial charge in [-0.3, -0.25) is 0 Å². The van der Waals surface area contributed by atoms with Crippen LogP contribution in [-0.2, 0) is 6.18 Å². The molecule has 1 aromatic heterocycles. The predicted molar refractivity (Wildman–Crippen MR) is 66.8 cm³/mol. The van der Waals surface area contributed by atoms with Gasteiger partial charge in [-0.05, 0) is 6.07 Å². The van der Waals surface area contributed by atoms with E-state index in [1.54, 1.807) is 44.4 Å². The maximum atomic E-state index is 12.8. The highest BCUT2D eigenvalue weighted by molar-refractivity contribution is 5.61. The summed E-state index contributed by atoms with van der Waals surface area (Å²) in [5.74, 6) is 0.0358. The lowest BCUT2D eigenvalue weighted by Gasteiger charge is -2.14. The highest BCUT2D eigenvalue weighted by Crippen LogP contribution is 2.31. The van der Waals surface area contributed by atoms with Crippen molar-refractivity contribution in [2.45, 2.75) is 6.18 Å². The highest BCUT2D eigenvalue weighted by Gasteiger charge is 2.34. The van der Waals surface area contributed by atoms with Crippen LogP contribution in [0.1, 0.15) is 5.69 Å². The Morgan fingerprint density at radius 1 is 1.00 bits per heavy atom. The topological polar surface area (TPSA) is 29.0 Å². The van der Waals surface area contributed by atoms with Gasteiger partial charge in [0.2, 0.25) is 5.95 Å². The van der Waals surface area contributed by atoms with Crippen molar-refractivity contribution < 1.29 is 13.2 Å². The molecule has 0 saturated carbocycles. The summed E-state index contributed by atoms with van der Waals surface area (Å²) in [6.45, 7) is 0.